The molecule has 112 valence electrons. The second kappa shape index (κ2) is 7.04. The maximum atomic E-state index is 11.9. The number of rotatable bonds is 7. The van der Waals surface area contributed by atoms with Gasteiger partial charge in [0, 0.05) is 12.1 Å². The van der Waals surface area contributed by atoms with Gasteiger partial charge in [0.05, 0.1) is 11.5 Å². The largest absolute Gasteiger partial charge is 0.311 e. The van der Waals surface area contributed by atoms with Crippen LogP contribution in [0.2, 0.25) is 0 Å². The number of likely N-dealkylation sites (tertiary alicyclic amines) is 1. The monoisotopic (exact) mass is 288 g/mol. The lowest BCUT2D eigenvalue weighted by Gasteiger charge is -2.28. The molecule has 0 aromatic carbocycles. The van der Waals surface area contributed by atoms with Crippen LogP contribution < -0.4 is 5.32 Å². The molecule has 0 aromatic rings. The second-order valence-electron chi connectivity index (χ2n) is 6.01. The Balaban J connectivity index is 1.82. The van der Waals surface area contributed by atoms with Crippen LogP contribution in [0.4, 0.5) is 0 Å². The molecule has 1 N–H and O–H groups in total. The normalized spacial score (nSPS) is 31.0. The Morgan fingerprint density at radius 2 is 1.84 bits per heavy atom. The number of nitrogens with zero attached hydrogens (tertiary/aromatic N) is 1. The molecule has 2 saturated heterocycles. The molecule has 2 atom stereocenters. The van der Waals surface area contributed by atoms with E-state index < -0.39 is 9.84 Å². The molecule has 19 heavy (non-hydrogen) atoms. The summed E-state index contributed by atoms with van der Waals surface area (Å²) < 4.78 is 23.8. The van der Waals surface area contributed by atoms with Crippen molar-refractivity contribution < 1.29 is 8.42 Å². The van der Waals surface area contributed by atoms with E-state index in [1.165, 1.54) is 32.1 Å². The van der Waals surface area contributed by atoms with Crippen molar-refractivity contribution in [3.8, 4) is 0 Å². The van der Waals surface area contributed by atoms with Gasteiger partial charge in [0.2, 0.25) is 0 Å². The molecule has 0 saturated carbocycles. The lowest BCUT2D eigenvalue weighted by atomic mass is 10.1. The van der Waals surface area contributed by atoms with Gasteiger partial charge in [-0.25, -0.2) is 8.42 Å². The summed E-state index contributed by atoms with van der Waals surface area (Å²) in [6.45, 7) is 5.33. The number of unbranched alkanes of at least 4 members (excludes halogenated alkanes) is 3. The fourth-order valence-corrected chi connectivity index (χ4v) is 5.28. The van der Waals surface area contributed by atoms with Gasteiger partial charge in [-0.15, -0.1) is 0 Å². The molecule has 2 rings (SSSR count). The zero-order valence-electron chi connectivity index (χ0n) is 12.1. The van der Waals surface area contributed by atoms with Crippen LogP contribution in [0.25, 0.3) is 0 Å². The van der Waals surface area contributed by atoms with E-state index in [4.69, 9.17) is 0 Å². The van der Waals surface area contributed by atoms with E-state index >= 15 is 0 Å². The lowest BCUT2D eigenvalue weighted by Crippen LogP contribution is -2.48. The molecule has 0 amide bonds. The van der Waals surface area contributed by atoms with E-state index in [1.807, 2.05) is 0 Å². The minimum atomic E-state index is -2.83. The van der Waals surface area contributed by atoms with Crippen molar-refractivity contribution in [3.63, 3.8) is 0 Å². The molecule has 0 aromatic heterocycles. The molecule has 0 aliphatic carbocycles. The molecule has 2 heterocycles. The third-order valence-electron chi connectivity index (χ3n) is 4.37. The lowest BCUT2D eigenvalue weighted by molar-refractivity contribution is 0.226. The molecular weight excluding hydrogens is 260 g/mol. The Morgan fingerprint density at radius 1 is 1.11 bits per heavy atom. The molecule has 2 fully saturated rings. The Bertz CT molecular complexity index is 364. The van der Waals surface area contributed by atoms with Crippen molar-refractivity contribution in [2.45, 2.75) is 57.5 Å². The van der Waals surface area contributed by atoms with Crippen LogP contribution in [-0.4, -0.2) is 56.5 Å². The molecule has 0 radical (unpaired) electrons. The van der Waals surface area contributed by atoms with Gasteiger partial charge >= 0.3 is 0 Å². The van der Waals surface area contributed by atoms with Gasteiger partial charge in [0.25, 0.3) is 0 Å². The molecule has 0 spiro atoms. The summed E-state index contributed by atoms with van der Waals surface area (Å²) in [5.41, 5.74) is 0. The Morgan fingerprint density at radius 3 is 2.53 bits per heavy atom. The van der Waals surface area contributed by atoms with Crippen molar-refractivity contribution in [2.24, 2.45) is 0 Å². The first-order valence-electron chi connectivity index (χ1n) is 7.80. The predicted octanol–water partition coefficient (Wildman–Crippen LogP) is 1.42. The Labute approximate surface area is 117 Å². The zero-order chi connectivity index (χ0) is 13.7. The van der Waals surface area contributed by atoms with Gasteiger partial charge < -0.3 is 5.32 Å². The average Bonchev–Trinajstić information content (AvgIpc) is 2.96. The fourth-order valence-electron chi connectivity index (χ4n) is 3.30. The predicted molar refractivity (Wildman–Crippen MR) is 79.2 cm³/mol. The van der Waals surface area contributed by atoms with Crippen LogP contribution in [0.1, 0.15) is 45.4 Å². The third-order valence-corrected chi connectivity index (χ3v) is 6.09. The number of hydrogen-bond acceptors (Lipinski definition) is 4. The highest BCUT2D eigenvalue weighted by Gasteiger charge is 2.41. The van der Waals surface area contributed by atoms with E-state index in [-0.39, 0.29) is 12.1 Å². The quantitative estimate of drug-likeness (QED) is 0.720. The molecular formula is C14H28N2O2S. The average molecular weight is 288 g/mol. The summed E-state index contributed by atoms with van der Waals surface area (Å²) in [6, 6.07) is 0.378. The summed E-state index contributed by atoms with van der Waals surface area (Å²) >= 11 is 0. The van der Waals surface area contributed by atoms with Gasteiger partial charge in [0.1, 0.15) is 0 Å². The number of nitrogens with one attached hydrogen (secondary N) is 1. The van der Waals surface area contributed by atoms with Crippen LogP contribution in [0.5, 0.6) is 0 Å². The highest BCUT2D eigenvalue weighted by Crippen LogP contribution is 2.22. The van der Waals surface area contributed by atoms with E-state index in [0.717, 1.165) is 26.1 Å². The smallest absolute Gasteiger partial charge is 0.153 e. The second-order valence-corrected chi connectivity index (χ2v) is 8.16. The molecule has 0 bridgehead atoms. The van der Waals surface area contributed by atoms with Crippen LogP contribution in [-0.2, 0) is 9.84 Å². The first-order valence-corrected chi connectivity index (χ1v) is 9.62. The van der Waals surface area contributed by atoms with Crippen molar-refractivity contribution >= 4 is 9.84 Å². The minimum Gasteiger partial charge on any atom is -0.311 e. The van der Waals surface area contributed by atoms with Gasteiger partial charge in [-0.2, -0.15) is 0 Å². The summed E-state index contributed by atoms with van der Waals surface area (Å²) in [6.07, 6.45) is 7.38. The van der Waals surface area contributed by atoms with E-state index in [1.54, 1.807) is 0 Å². The molecule has 2 aliphatic heterocycles. The summed E-state index contributed by atoms with van der Waals surface area (Å²) in [5, 5.41) is 3.50. The maximum absolute atomic E-state index is 11.9. The number of hydrogen-bond donors (Lipinski definition) is 1. The van der Waals surface area contributed by atoms with Crippen molar-refractivity contribution in [2.75, 3.05) is 31.1 Å². The standard InChI is InChI=1S/C14H28N2O2S/c1-2-3-4-5-8-15-13-11-19(17,18)12-14(13)16-9-6-7-10-16/h13-15H,2-12H2,1H3/t13-,14-/m0/s1. The molecule has 4 nitrogen and oxygen atoms in total. The maximum Gasteiger partial charge on any atom is 0.153 e. The van der Waals surface area contributed by atoms with Crippen LogP contribution in [0.3, 0.4) is 0 Å². The van der Waals surface area contributed by atoms with E-state index in [0.29, 0.717) is 11.5 Å². The third kappa shape index (κ3) is 4.43. The van der Waals surface area contributed by atoms with E-state index in [2.05, 4.69) is 17.1 Å². The summed E-state index contributed by atoms with van der Waals surface area (Å²) in [5.74, 6) is 0.696. The molecule has 0 unspecified atom stereocenters. The first-order chi connectivity index (χ1) is 9.12. The van der Waals surface area contributed by atoms with Crippen molar-refractivity contribution in [1.82, 2.24) is 10.2 Å². The molecule has 5 heteroatoms. The van der Waals surface area contributed by atoms with Crippen LogP contribution >= 0.6 is 0 Å². The zero-order valence-corrected chi connectivity index (χ0v) is 12.9. The van der Waals surface area contributed by atoms with Gasteiger partial charge in [0.15, 0.2) is 9.84 Å². The van der Waals surface area contributed by atoms with Crippen LogP contribution in [0.15, 0.2) is 0 Å². The van der Waals surface area contributed by atoms with Crippen LogP contribution in [0, 0.1) is 0 Å². The van der Waals surface area contributed by atoms with Crippen molar-refractivity contribution in [3.05, 3.63) is 0 Å². The SMILES string of the molecule is CCCCCCN[C@H]1CS(=O)(=O)C[C@@H]1N1CCCC1. The minimum absolute atomic E-state index is 0.157. The summed E-state index contributed by atoms with van der Waals surface area (Å²) in [7, 11) is -2.83. The van der Waals surface area contributed by atoms with E-state index in [9.17, 15) is 8.42 Å². The molecule has 2 aliphatic rings. The highest BCUT2D eigenvalue weighted by molar-refractivity contribution is 7.91. The van der Waals surface area contributed by atoms with Crippen molar-refractivity contribution in [1.29, 1.82) is 0 Å². The topological polar surface area (TPSA) is 49.4 Å². The fraction of sp³-hybridized carbons (Fsp3) is 1.00. The summed E-state index contributed by atoms with van der Waals surface area (Å²) in [4.78, 5) is 2.38. The Hall–Kier alpha value is -0.130. The van der Waals surface area contributed by atoms with Gasteiger partial charge in [-0.1, -0.05) is 26.2 Å². The number of sulfone groups is 1. The van der Waals surface area contributed by atoms with Gasteiger partial charge in [-0.05, 0) is 38.9 Å². The first kappa shape index (κ1) is 15.3. The van der Waals surface area contributed by atoms with Gasteiger partial charge in [-0.3, -0.25) is 4.90 Å². The Kier molecular flexibility index (Phi) is 5.66. The highest BCUT2D eigenvalue weighted by atomic mass is 32.2.